The maximum Gasteiger partial charge on any atom is 0.573 e. The van der Waals surface area contributed by atoms with E-state index in [0.717, 1.165) is 12.1 Å². The van der Waals surface area contributed by atoms with Crippen molar-refractivity contribution in [1.82, 2.24) is 15.0 Å². The molecular weight excluding hydrogens is 421 g/mol. The van der Waals surface area contributed by atoms with Gasteiger partial charge in [0.2, 0.25) is 0 Å². The molecule has 4 rings (SSSR count). The molecule has 1 aromatic carbocycles. The topological polar surface area (TPSA) is 109 Å². The second kappa shape index (κ2) is 6.70. The molecule has 0 bridgehead atoms. The molecule has 0 atom stereocenters. The summed E-state index contributed by atoms with van der Waals surface area (Å²) in [6.07, 6.45) is -2.13. The Balaban J connectivity index is 1.83. The summed E-state index contributed by atoms with van der Waals surface area (Å²) in [5.41, 5.74) is 0.400. The van der Waals surface area contributed by atoms with E-state index in [-0.39, 0.29) is 27.7 Å². The molecule has 1 aliphatic carbocycles. The number of pyridine rings is 1. The number of halogens is 3. The Kier molecular flexibility index (Phi) is 4.50. The number of ether oxygens (including phenoxy) is 1. The Hall–Kier alpha value is -3.13. The highest BCUT2D eigenvalue weighted by atomic mass is 32.2. The number of nitrogens with one attached hydrogen (secondary N) is 1. The monoisotopic (exact) mass is 436 g/mol. The first-order valence-electron chi connectivity index (χ1n) is 8.97. The van der Waals surface area contributed by atoms with Gasteiger partial charge in [0.25, 0.3) is 0 Å². The molecule has 1 fully saturated rings. The highest BCUT2D eigenvalue weighted by molar-refractivity contribution is 7.91. The number of hydrogen-bond acceptors (Lipinski definition) is 6. The molecule has 0 radical (unpaired) electrons. The molecule has 156 valence electrons. The molecular formula is C19H15F3N4O3S. The summed E-state index contributed by atoms with van der Waals surface area (Å²) in [4.78, 5) is 11.3. The number of aromatic amines is 1. The predicted molar refractivity (Wildman–Crippen MR) is 100 cm³/mol. The van der Waals surface area contributed by atoms with Crippen molar-refractivity contribution >= 4 is 20.9 Å². The van der Waals surface area contributed by atoms with Crippen LogP contribution in [0.4, 0.5) is 13.2 Å². The lowest BCUT2D eigenvalue weighted by Crippen LogP contribution is -2.16. The molecule has 2 aromatic heterocycles. The summed E-state index contributed by atoms with van der Waals surface area (Å²) in [5.74, 6) is -0.525. The molecule has 1 N–H and O–H groups in total. The number of H-pyrrole nitrogens is 1. The van der Waals surface area contributed by atoms with E-state index in [0.29, 0.717) is 23.9 Å². The van der Waals surface area contributed by atoms with E-state index in [1.54, 1.807) is 0 Å². The van der Waals surface area contributed by atoms with Crippen LogP contribution in [0, 0.1) is 11.3 Å². The molecule has 1 saturated carbocycles. The molecule has 0 amide bonds. The van der Waals surface area contributed by atoms with Crippen LogP contribution in [0.1, 0.15) is 25.3 Å². The van der Waals surface area contributed by atoms with Crippen molar-refractivity contribution in [1.29, 1.82) is 5.26 Å². The largest absolute Gasteiger partial charge is 0.573 e. The van der Waals surface area contributed by atoms with E-state index in [1.165, 1.54) is 25.3 Å². The standard InChI is InChI=1S/C19H15F3N4O3S/c1-2-30(27,28)15-7-11(18(10-23)5-6-18)9-24-16(15)17-25-13-4-3-12(8-14(13)26-17)29-19(20,21)22/h3-4,7-9H,2,5-6H2,1H3,(H,25,26). The second-order valence-corrected chi connectivity index (χ2v) is 9.23. The maximum atomic E-state index is 12.7. The van der Waals surface area contributed by atoms with Gasteiger partial charge >= 0.3 is 6.36 Å². The van der Waals surface area contributed by atoms with Crippen molar-refractivity contribution in [2.24, 2.45) is 0 Å². The van der Waals surface area contributed by atoms with Crippen LogP contribution in [0.5, 0.6) is 5.75 Å². The van der Waals surface area contributed by atoms with Gasteiger partial charge in [0.05, 0.1) is 33.2 Å². The van der Waals surface area contributed by atoms with E-state index >= 15 is 0 Å². The van der Waals surface area contributed by atoms with Crippen molar-refractivity contribution < 1.29 is 26.3 Å². The van der Waals surface area contributed by atoms with Gasteiger partial charge in [0.1, 0.15) is 11.4 Å². The van der Waals surface area contributed by atoms with Gasteiger partial charge in [-0.15, -0.1) is 13.2 Å². The third-order valence-corrected chi connectivity index (χ3v) is 6.74. The highest BCUT2D eigenvalue weighted by Gasteiger charge is 2.46. The lowest BCUT2D eigenvalue weighted by molar-refractivity contribution is -0.274. The fraction of sp³-hybridized carbons (Fsp3) is 0.316. The van der Waals surface area contributed by atoms with Gasteiger partial charge in [-0.25, -0.2) is 13.4 Å². The zero-order valence-electron chi connectivity index (χ0n) is 15.6. The zero-order chi connectivity index (χ0) is 21.7. The first-order valence-corrected chi connectivity index (χ1v) is 10.6. The average Bonchev–Trinajstić information content (AvgIpc) is 3.38. The summed E-state index contributed by atoms with van der Waals surface area (Å²) < 4.78 is 66.7. The SMILES string of the molecule is CCS(=O)(=O)c1cc(C2(C#N)CC2)cnc1-c1nc2ccc(OC(F)(F)F)cc2[nH]1. The van der Waals surface area contributed by atoms with Crippen molar-refractivity contribution in [2.45, 2.75) is 36.4 Å². The summed E-state index contributed by atoms with van der Waals surface area (Å²) in [6.45, 7) is 1.49. The van der Waals surface area contributed by atoms with E-state index in [9.17, 15) is 26.9 Å². The summed E-state index contributed by atoms with van der Waals surface area (Å²) in [7, 11) is -3.72. The van der Waals surface area contributed by atoms with E-state index in [2.05, 4.69) is 25.8 Å². The third kappa shape index (κ3) is 3.59. The van der Waals surface area contributed by atoms with Crippen LogP contribution in [-0.4, -0.2) is 35.5 Å². The number of aromatic nitrogens is 3. The Morgan fingerprint density at radius 3 is 2.63 bits per heavy atom. The molecule has 0 unspecified atom stereocenters. The van der Waals surface area contributed by atoms with Gasteiger partial charge in [-0.1, -0.05) is 6.92 Å². The van der Waals surface area contributed by atoms with Crippen LogP contribution in [0.15, 0.2) is 35.4 Å². The Bertz CT molecular complexity index is 1290. The van der Waals surface area contributed by atoms with Gasteiger partial charge in [-0.3, -0.25) is 4.98 Å². The van der Waals surface area contributed by atoms with Crippen molar-refractivity contribution in [2.75, 3.05) is 5.75 Å². The predicted octanol–water partition coefficient (Wildman–Crippen LogP) is 3.87. The lowest BCUT2D eigenvalue weighted by atomic mass is 9.99. The van der Waals surface area contributed by atoms with Gasteiger partial charge in [0, 0.05) is 12.3 Å². The minimum atomic E-state index is -4.84. The molecule has 2 heterocycles. The van der Waals surface area contributed by atoms with Gasteiger partial charge in [-0.05, 0) is 36.6 Å². The number of nitrogens with zero attached hydrogens (tertiary/aromatic N) is 3. The number of hydrogen-bond donors (Lipinski definition) is 1. The van der Waals surface area contributed by atoms with Gasteiger partial charge in [-0.2, -0.15) is 5.26 Å². The first kappa shape index (κ1) is 20.2. The lowest BCUT2D eigenvalue weighted by Gasteiger charge is -2.11. The van der Waals surface area contributed by atoms with E-state index in [4.69, 9.17) is 0 Å². The fourth-order valence-electron chi connectivity index (χ4n) is 3.16. The minimum Gasteiger partial charge on any atom is -0.406 e. The highest BCUT2D eigenvalue weighted by Crippen LogP contribution is 2.48. The summed E-state index contributed by atoms with van der Waals surface area (Å²) in [5, 5.41) is 9.41. The van der Waals surface area contributed by atoms with Crippen molar-refractivity contribution in [3.05, 3.63) is 36.0 Å². The number of sulfone groups is 1. The third-order valence-electron chi connectivity index (χ3n) is 5.00. The number of fused-ring (bicyclic) bond motifs is 1. The fourth-order valence-corrected chi connectivity index (χ4v) is 4.23. The minimum absolute atomic E-state index is 0.0452. The van der Waals surface area contributed by atoms with E-state index < -0.39 is 27.4 Å². The smallest absolute Gasteiger partial charge is 0.406 e. The van der Waals surface area contributed by atoms with Crippen LogP contribution >= 0.6 is 0 Å². The van der Waals surface area contributed by atoms with E-state index in [1.807, 2.05) is 0 Å². The number of rotatable bonds is 5. The van der Waals surface area contributed by atoms with Crippen molar-refractivity contribution in [3.63, 3.8) is 0 Å². The molecule has 0 saturated heterocycles. The Labute approximate surface area is 169 Å². The van der Waals surface area contributed by atoms with Crippen LogP contribution in [0.2, 0.25) is 0 Å². The van der Waals surface area contributed by atoms with Crippen LogP contribution in [-0.2, 0) is 15.3 Å². The normalized spacial score (nSPS) is 15.7. The maximum absolute atomic E-state index is 12.7. The summed E-state index contributed by atoms with van der Waals surface area (Å²) in [6, 6.07) is 7.22. The van der Waals surface area contributed by atoms with Crippen LogP contribution in [0.25, 0.3) is 22.6 Å². The quantitative estimate of drug-likeness (QED) is 0.650. The molecule has 0 spiro atoms. The Morgan fingerprint density at radius 1 is 1.30 bits per heavy atom. The molecule has 11 heteroatoms. The van der Waals surface area contributed by atoms with Gasteiger partial charge in [0.15, 0.2) is 15.7 Å². The molecule has 30 heavy (non-hydrogen) atoms. The number of imidazole rings is 1. The molecule has 0 aliphatic heterocycles. The Morgan fingerprint density at radius 2 is 2.03 bits per heavy atom. The first-order chi connectivity index (χ1) is 14.1. The van der Waals surface area contributed by atoms with Gasteiger partial charge < -0.3 is 9.72 Å². The summed E-state index contributed by atoms with van der Waals surface area (Å²) >= 11 is 0. The molecule has 3 aromatic rings. The van der Waals surface area contributed by atoms with Crippen molar-refractivity contribution in [3.8, 4) is 23.3 Å². The van der Waals surface area contributed by atoms with Crippen LogP contribution < -0.4 is 4.74 Å². The molecule has 7 nitrogen and oxygen atoms in total. The average molecular weight is 436 g/mol. The molecule has 1 aliphatic rings. The zero-order valence-corrected chi connectivity index (χ0v) is 16.4. The second-order valence-electron chi connectivity index (χ2n) is 6.98. The van der Waals surface area contributed by atoms with Crippen LogP contribution in [0.3, 0.4) is 0 Å². The number of nitriles is 1. The number of alkyl halides is 3. The number of benzene rings is 1.